The minimum absolute atomic E-state index is 0.0271. The number of benzene rings is 2. The molecule has 0 aliphatic carbocycles. The molecule has 0 unspecified atom stereocenters. The minimum Gasteiger partial charge on any atom is -0.455 e. The molecule has 23 heavy (non-hydrogen) atoms. The molecule has 0 aliphatic heterocycles. The monoisotopic (exact) mass is 355 g/mol. The van der Waals surface area contributed by atoms with E-state index in [1.54, 1.807) is 18.2 Å². The van der Waals surface area contributed by atoms with Gasteiger partial charge in [0.15, 0.2) is 6.61 Å². The van der Waals surface area contributed by atoms with E-state index in [0.717, 1.165) is 0 Å². The molecule has 0 atom stereocenters. The molecule has 1 N–H and O–H groups in total. The standard InChI is InChI=1S/C16H12Cl2FNO3/c17-13-6-1-10(7-14(13)18)8-16(22)23-9-15(21)20-12-4-2-11(19)3-5-12/h1-7H,8-9H2,(H,20,21). The molecular weight excluding hydrogens is 344 g/mol. The number of carbonyl (C=O) groups excluding carboxylic acids is 2. The summed E-state index contributed by atoms with van der Waals surface area (Å²) >= 11 is 11.6. The molecule has 1 amide bonds. The highest BCUT2D eigenvalue weighted by atomic mass is 35.5. The molecule has 0 radical (unpaired) electrons. The van der Waals surface area contributed by atoms with Crippen LogP contribution < -0.4 is 5.32 Å². The molecule has 120 valence electrons. The molecule has 0 heterocycles. The van der Waals surface area contributed by atoms with E-state index < -0.39 is 24.3 Å². The number of carbonyl (C=O) groups is 2. The van der Waals surface area contributed by atoms with Gasteiger partial charge in [-0.05, 0) is 42.0 Å². The topological polar surface area (TPSA) is 55.4 Å². The van der Waals surface area contributed by atoms with Gasteiger partial charge in [-0.1, -0.05) is 29.3 Å². The highest BCUT2D eigenvalue weighted by molar-refractivity contribution is 6.42. The molecule has 2 aromatic carbocycles. The second-order valence-corrected chi connectivity index (χ2v) is 5.46. The molecule has 0 aromatic heterocycles. The largest absolute Gasteiger partial charge is 0.455 e. The van der Waals surface area contributed by atoms with Crippen LogP contribution in [0, 0.1) is 5.82 Å². The minimum atomic E-state index is -0.572. The fraction of sp³-hybridized carbons (Fsp3) is 0.125. The second kappa shape index (κ2) is 7.94. The Morgan fingerprint density at radius 2 is 1.74 bits per heavy atom. The molecule has 7 heteroatoms. The lowest BCUT2D eigenvalue weighted by Crippen LogP contribution is -2.21. The molecular formula is C16H12Cl2FNO3. The molecule has 2 aromatic rings. The van der Waals surface area contributed by atoms with Crippen LogP contribution in [0.5, 0.6) is 0 Å². The van der Waals surface area contributed by atoms with Crippen molar-refractivity contribution in [2.75, 3.05) is 11.9 Å². The highest BCUT2D eigenvalue weighted by Crippen LogP contribution is 2.22. The van der Waals surface area contributed by atoms with Crippen molar-refractivity contribution in [3.8, 4) is 0 Å². The van der Waals surface area contributed by atoms with Gasteiger partial charge >= 0.3 is 5.97 Å². The van der Waals surface area contributed by atoms with Crippen LogP contribution in [0.15, 0.2) is 42.5 Å². The average Bonchev–Trinajstić information content (AvgIpc) is 2.51. The Morgan fingerprint density at radius 3 is 2.39 bits per heavy atom. The highest BCUT2D eigenvalue weighted by Gasteiger charge is 2.10. The van der Waals surface area contributed by atoms with Crippen molar-refractivity contribution in [3.63, 3.8) is 0 Å². The second-order valence-electron chi connectivity index (χ2n) is 4.64. The molecule has 0 bridgehead atoms. The van der Waals surface area contributed by atoms with Crippen LogP contribution in [0.3, 0.4) is 0 Å². The Labute approximate surface area is 142 Å². The zero-order valence-corrected chi connectivity index (χ0v) is 13.3. The van der Waals surface area contributed by atoms with Crippen LogP contribution in [0.25, 0.3) is 0 Å². The van der Waals surface area contributed by atoms with Crippen molar-refractivity contribution in [2.24, 2.45) is 0 Å². The first-order chi connectivity index (χ1) is 10.9. The van der Waals surface area contributed by atoms with Gasteiger partial charge in [-0.2, -0.15) is 0 Å². The lowest BCUT2D eigenvalue weighted by Gasteiger charge is -2.07. The van der Waals surface area contributed by atoms with Gasteiger partial charge in [0.25, 0.3) is 5.91 Å². The fourth-order valence-electron chi connectivity index (χ4n) is 1.74. The zero-order chi connectivity index (χ0) is 16.8. The Kier molecular flexibility index (Phi) is 5.96. The van der Waals surface area contributed by atoms with E-state index in [2.05, 4.69) is 5.32 Å². The summed E-state index contributed by atoms with van der Waals surface area (Å²) in [7, 11) is 0. The maximum absolute atomic E-state index is 12.7. The van der Waals surface area contributed by atoms with Crippen LogP contribution in [-0.2, 0) is 20.7 Å². The number of hydrogen-bond acceptors (Lipinski definition) is 3. The molecule has 0 saturated carbocycles. The SMILES string of the molecule is O=C(COC(=O)Cc1ccc(Cl)c(Cl)c1)Nc1ccc(F)cc1. The number of anilines is 1. The van der Waals surface area contributed by atoms with Crippen LogP contribution in [0.1, 0.15) is 5.56 Å². The van der Waals surface area contributed by atoms with E-state index >= 15 is 0 Å². The third-order valence-corrected chi connectivity index (χ3v) is 3.56. The Balaban J connectivity index is 1.80. The van der Waals surface area contributed by atoms with Crippen molar-refractivity contribution < 1.29 is 18.7 Å². The first kappa shape index (κ1) is 17.2. The summed E-state index contributed by atoms with van der Waals surface area (Å²) in [5, 5.41) is 3.21. The quantitative estimate of drug-likeness (QED) is 0.828. The summed E-state index contributed by atoms with van der Waals surface area (Å²) in [5.74, 6) is -1.49. The van der Waals surface area contributed by atoms with Crippen molar-refractivity contribution in [2.45, 2.75) is 6.42 Å². The number of rotatable bonds is 5. The van der Waals surface area contributed by atoms with E-state index in [0.29, 0.717) is 21.3 Å². The lowest BCUT2D eigenvalue weighted by molar-refractivity contribution is -0.146. The number of hydrogen-bond donors (Lipinski definition) is 1. The summed E-state index contributed by atoms with van der Waals surface area (Å²) in [6.07, 6.45) is -0.0271. The summed E-state index contributed by atoms with van der Waals surface area (Å²) in [6.45, 7) is -0.433. The molecule has 0 saturated heterocycles. The summed E-state index contributed by atoms with van der Waals surface area (Å²) in [4.78, 5) is 23.3. The maximum Gasteiger partial charge on any atom is 0.310 e. The van der Waals surface area contributed by atoms with Crippen molar-refractivity contribution >= 4 is 40.8 Å². The van der Waals surface area contributed by atoms with Crippen LogP contribution in [-0.4, -0.2) is 18.5 Å². The molecule has 4 nitrogen and oxygen atoms in total. The first-order valence-electron chi connectivity index (χ1n) is 6.59. The Bertz CT molecular complexity index is 720. The van der Waals surface area contributed by atoms with Gasteiger partial charge in [0, 0.05) is 5.69 Å². The smallest absolute Gasteiger partial charge is 0.310 e. The van der Waals surface area contributed by atoms with Gasteiger partial charge in [0.1, 0.15) is 5.82 Å². The average molecular weight is 356 g/mol. The first-order valence-corrected chi connectivity index (χ1v) is 7.34. The van der Waals surface area contributed by atoms with Crippen molar-refractivity contribution in [1.29, 1.82) is 0 Å². The number of nitrogens with one attached hydrogen (secondary N) is 1. The predicted molar refractivity (Wildman–Crippen MR) is 86.2 cm³/mol. The van der Waals surface area contributed by atoms with Crippen molar-refractivity contribution in [1.82, 2.24) is 0 Å². The van der Waals surface area contributed by atoms with Crippen LogP contribution in [0.4, 0.5) is 10.1 Å². The number of halogens is 3. The molecule has 0 spiro atoms. The molecule has 0 fully saturated rings. The predicted octanol–water partition coefficient (Wildman–Crippen LogP) is 3.86. The van der Waals surface area contributed by atoms with E-state index in [1.165, 1.54) is 24.3 Å². The summed E-state index contributed by atoms with van der Waals surface area (Å²) in [5.41, 5.74) is 1.04. The van der Waals surface area contributed by atoms with Gasteiger partial charge in [0.05, 0.1) is 16.5 Å². The van der Waals surface area contributed by atoms with E-state index in [-0.39, 0.29) is 6.42 Å². The summed E-state index contributed by atoms with van der Waals surface area (Å²) < 4.78 is 17.6. The number of ether oxygens (including phenoxy) is 1. The van der Waals surface area contributed by atoms with Gasteiger partial charge < -0.3 is 10.1 Å². The Morgan fingerprint density at radius 1 is 1.04 bits per heavy atom. The van der Waals surface area contributed by atoms with E-state index in [4.69, 9.17) is 27.9 Å². The van der Waals surface area contributed by atoms with Gasteiger partial charge in [-0.3, -0.25) is 9.59 Å². The fourth-order valence-corrected chi connectivity index (χ4v) is 2.06. The lowest BCUT2D eigenvalue weighted by atomic mass is 10.1. The van der Waals surface area contributed by atoms with Crippen LogP contribution >= 0.6 is 23.2 Å². The normalized spacial score (nSPS) is 10.2. The van der Waals surface area contributed by atoms with Crippen LogP contribution in [0.2, 0.25) is 10.0 Å². The number of amides is 1. The third-order valence-electron chi connectivity index (χ3n) is 2.82. The Hall–Kier alpha value is -2.11. The molecule has 2 rings (SSSR count). The van der Waals surface area contributed by atoms with Gasteiger partial charge in [-0.25, -0.2) is 4.39 Å². The third kappa shape index (κ3) is 5.54. The van der Waals surface area contributed by atoms with E-state index in [1.807, 2.05) is 0 Å². The van der Waals surface area contributed by atoms with Gasteiger partial charge in [0.2, 0.25) is 0 Å². The molecule has 0 aliphatic rings. The maximum atomic E-state index is 12.7. The van der Waals surface area contributed by atoms with E-state index in [9.17, 15) is 14.0 Å². The summed E-state index contributed by atoms with van der Waals surface area (Å²) in [6, 6.07) is 10.0. The van der Waals surface area contributed by atoms with Gasteiger partial charge in [-0.15, -0.1) is 0 Å². The number of esters is 1. The van der Waals surface area contributed by atoms with Crippen molar-refractivity contribution in [3.05, 3.63) is 63.9 Å². The zero-order valence-electron chi connectivity index (χ0n) is 11.8.